The molecule has 0 spiro atoms. The zero-order valence-electron chi connectivity index (χ0n) is 7.65. The van der Waals surface area contributed by atoms with Gasteiger partial charge < -0.3 is 5.32 Å². The average molecular weight is 282 g/mol. The second-order valence-corrected chi connectivity index (χ2v) is 3.76. The quantitative estimate of drug-likeness (QED) is 0.828. The minimum Gasteiger partial charge on any atom is -0.328 e. The maximum atomic E-state index is 12.5. The Hall–Kier alpha value is -1.04. The zero-order valence-corrected chi connectivity index (χ0v) is 9.24. The molecular weight excluding hydrogens is 275 g/mol. The lowest BCUT2D eigenvalue weighted by molar-refractivity contribution is -0.137. The summed E-state index contributed by atoms with van der Waals surface area (Å²) in [5.74, 6) is 0. The van der Waals surface area contributed by atoms with Crippen molar-refractivity contribution >= 4 is 28.0 Å². The van der Waals surface area contributed by atoms with Gasteiger partial charge in [0.05, 0.1) is 11.3 Å². The van der Waals surface area contributed by atoms with Crippen LogP contribution >= 0.6 is 15.9 Å². The van der Waals surface area contributed by atoms with E-state index in [4.69, 9.17) is 0 Å². The van der Waals surface area contributed by atoms with Crippen LogP contribution in [0.3, 0.4) is 0 Å². The molecule has 2 nitrogen and oxygen atoms in total. The van der Waals surface area contributed by atoms with Crippen molar-refractivity contribution in [3.8, 4) is 0 Å². The molecule has 0 aliphatic carbocycles. The van der Waals surface area contributed by atoms with Crippen LogP contribution in [0.25, 0.3) is 0 Å². The number of carbonyl (C=O) groups excluding carboxylic acids is 1. The number of amides is 1. The lowest BCUT2D eigenvalue weighted by atomic mass is 10.1. The second kappa shape index (κ2) is 4.22. The molecule has 0 aliphatic rings. The van der Waals surface area contributed by atoms with E-state index in [0.29, 0.717) is 10.0 Å². The van der Waals surface area contributed by atoms with Crippen LogP contribution in [0.1, 0.15) is 11.1 Å². The predicted molar refractivity (Wildman–Crippen MR) is 53.6 cm³/mol. The molecule has 1 amide bonds. The van der Waals surface area contributed by atoms with E-state index in [-0.39, 0.29) is 12.1 Å². The number of rotatable bonds is 2. The zero-order chi connectivity index (χ0) is 11.6. The van der Waals surface area contributed by atoms with Gasteiger partial charge in [-0.3, -0.25) is 4.79 Å². The summed E-state index contributed by atoms with van der Waals surface area (Å²) in [6.45, 7) is 1.64. The molecule has 15 heavy (non-hydrogen) atoms. The Morgan fingerprint density at radius 1 is 1.40 bits per heavy atom. The largest absolute Gasteiger partial charge is 0.418 e. The molecule has 1 rings (SSSR count). The van der Waals surface area contributed by atoms with Crippen molar-refractivity contribution in [1.29, 1.82) is 0 Å². The molecule has 0 saturated heterocycles. The summed E-state index contributed by atoms with van der Waals surface area (Å²) in [4.78, 5) is 10.2. The third kappa shape index (κ3) is 2.71. The van der Waals surface area contributed by atoms with Gasteiger partial charge in [-0.2, -0.15) is 13.2 Å². The van der Waals surface area contributed by atoms with Crippen molar-refractivity contribution < 1.29 is 18.0 Å². The van der Waals surface area contributed by atoms with Gasteiger partial charge in [-0.1, -0.05) is 15.9 Å². The number of carbonyl (C=O) groups is 1. The highest BCUT2D eigenvalue weighted by Crippen LogP contribution is 2.37. The van der Waals surface area contributed by atoms with E-state index in [1.54, 1.807) is 6.92 Å². The molecule has 0 saturated carbocycles. The summed E-state index contributed by atoms with van der Waals surface area (Å²) in [6, 6.07) is 2.21. The first-order chi connectivity index (χ1) is 6.86. The monoisotopic (exact) mass is 281 g/mol. The van der Waals surface area contributed by atoms with Crippen molar-refractivity contribution in [2.24, 2.45) is 0 Å². The molecule has 1 aromatic rings. The Morgan fingerprint density at radius 2 is 2.00 bits per heavy atom. The van der Waals surface area contributed by atoms with Gasteiger partial charge in [0.2, 0.25) is 6.41 Å². The highest BCUT2D eigenvalue weighted by molar-refractivity contribution is 9.10. The first-order valence-corrected chi connectivity index (χ1v) is 4.73. The van der Waals surface area contributed by atoms with E-state index in [0.717, 1.165) is 6.07 Å². The molecule has 0 aliphatic heterocycles. The molecule has 0 aromatic heterocycles. The van der Waals surface area contributed by atoms with Crippen LogP contribution in [0.15, 0.2) is 16.6 Å². The van der Waals surface area contributed by atoms with Gasteiger partial charge in [-0.05, 0) is 24.6 Å². The summed E-state index contributed by atoms with van der Waals surface area (Å²) in [6.07, 6.45) is -4.26. The fourth-order valence-corrected chi connectivity index (χ4v) is 1.44. The highest BCUT2D eigenvalue weighted by Gasteiger charge is 2.34. The van der Waals surface area contributed by atoms with E-state index in [9.17, 15) is 18.0 Å². The Morgan fingerprint density at radius 3 is 2.47 bits per heavy atom. The van der Waals surface area contributed by atoms with Crippen molar-refractivity contribution in [3.63, 3.8) is 0 Å². The highest BCUT2D eigenvalue weighted by atomic mass is 79.9. The molecular formula is C9H7BrF3NO. The Kier molecular flexibility index (Phi) is 3.38. The number of benzene rings is 1. The summed E-state index contributed by atoms with van der Waals surface area (Å²) in [7, 11) is 0. The molecule has 0 heterocycles. The Bertz CT molecular complexity index is 390. The summed E-state index contributed by atoms with van der Waals surface area (Å²) in [5, 5.41) is 2.03. The van der Waals surface area contributed by atoms with Gasteiger partial charge in [-0.15, -0.1) is 0 Å². The van der Waals surface area contributed by atoms with Crippen LogP contribution in [0, 0.1) is 6.92 Å². The number of nitrogens with one attached hydrogen (secondary N) is 1. The van der Waals surface area contributed by atoms with Crippen LogP contribution in [0.5, 0.6) is 0 Å². The smallest absolute Gasteiger partial charge is 0.328 e. The third-order valence-corrected chi connectivity index (χ3v) is 2.67. The van der Waals surface area contributed by atoms with Crippen molar-refractivity contribution in [2.45, 2.75) is 13.1 Å². The lowest BCUT2D eigenvalue weighted by Crippen LogP contribution is -2.10. The van der Waals surface area contributed by atoms with Gasteiger partial charge in [0, 0.05) is 4.47 Å². The van der Waals surface area contributed by atoms with Crippen molar-refractivity contribution in [3.05, 3.63) is 27.7 Å². The molecule has 1 aromatic carbocycles. The van der Waals surface area contributed by atoms with E-state index in [1.165, 1.54) is 6.07 Å². The molecule has 0 radical (unpaired) electrons. The number of aryl methyl sites for hydroxylation is 1. The lowest BCUT2D eigenvalue weighted by Gasteiger charge is -2.13. The van der Waals surface area contributed by atoms with E-state index < -0.39 is 11.7 Å². The predicted octanol–water partition coefficient (Wildman–Crippen LogP) is 3.34. The molecule has 0 fully saturated rings. The maximum absolute atomic E-state index is 12.5. The number of hydrogen-bond acceptors (Lipinski definition) is 1. The van der Waals surface area contributed by atoms with Crippen LogP contribution in [-0.2, 0) is 11.0 Å². The fourth-order valence-electron chi connectivity index (χ4n) is 1.10. The molecule has 82 valence electrons. The maximum Gasteiger partial charge on any atom is 0.418 e. The Balaban J connectivity index is 3.34. The fraction of sp³-hybridized carbons (Fsp3) is 0.222. The minimum atomic E-state index is -4.48. The SMILES string of the molecule is Cc1cc(NC=O)c(C(F)(F)F)cc1Br. The van der Waals surface area contributed by atoms with E-state index in [2.05, 4.69) is 15.9 Å². The first-order valence-electron chi connectivity index (χ1n) is 3.94. The van der Waals surface area contributed by atoms with Gasteiger partial charge >= 0.3 is 6.18 Å². The summed E-state index contributed by atoms with van der Waals surface area (Å²) >= 11 is 3.01. The molecule has 1 N–H and O–H groups in total. The van der Waals surface area contributed by atoms with Gasteiger partial charge in [-0.25, -0.2) is 0 Å². The molecule has 0 atom stereocenters. The number of alkyl halides is 3. The van der Waals surface area contributed by atoms with Crippen LogP contribution in [0.2, 0.25) is 0 Å². The van der Waals surface area contributed by atoms with E-state index in [1.807, 2.05) is 5.32 Å². The number of anilines is 1. The van der Waals surface area contributed by atoms with Crippen LogP contribution < -0.4 is 5.32 Å². The first kappa shape index (κ1) is 12.0. The Labute approximate surface area is 92.6 Å². The van der Waals surface area contributed by atoms with Crippen molar-refractivity contribution in [2.75, 3.05) is 5.32 Å². The number of hydrogen-bond donors (Lipinski definition) is 1. The number of halogens is 4. The van der Waals surface area contributed by atoms with Gasteiger partial charge in [0.1, 0.15) is 0 Å². The summed E-state index contributed by atoms with van der Waals surface area (Å²) < 4.78 is 37.9. The average Bonchev–Trinajstić information content (AvgIpc) is 2.09. The van der Waals surface area contributed by atoms with Crippen molar-refractivity contribution in [1.82, 2.24) is 0 Å². The topological polar surface area (TPSA) is 29.1 Å². The molecule has 0 bridgehead atoms. The van der Waals surface area contributed by atoms with Crippen LogP contribution in [-0.4, -0.2) is 6.41 Å². The van der Waals surface area contributed by atoms with Crippen LogP contribution in [0.4, 0.5) is 18.9 Å². The standard InChI is InChI=1S/C9H7BrF3NO/c1-5-2-8(14-4-15)6(3-7(5)10)9(11,12)13/h2-4H,1H3,(H,14,15). The van der Waals surface area contributed by atoms with E-state index >= 15 is 0 Å². The summed E-state index contributed by atoms with van der Waals surface area (Å²) in [5.41, 5.74) is -0.488. The molecule has 0 unspecified atom stereocenters. The van der Waals surface area contributed by atoms with Gasteiger partial charge in [0.15, 0.2) is 0 Å². The third-order valence-electron chi connectivity index (χ3n) is 1.82. The normalized spacial score (nSPS) is 11.3. The second-order valence-electron chi connectivity index (χ2n) is 2.91. The molecule has 6 heteroatoms. The minimum absolute atomic E-state index is 0.220. The van der Waals surface area contributed by atoms with Gasteiger partial charge in [0.25, 0.3) is 0 Å².